The quantitative estimate of drug-likeness (QED) is 0.918. The molecule has 102 valence electrons. The fourth-order valence-corrected chi connectivity index (χ4v) is 2.03. The van der Waals surface area contributed by atoms with E-state index in [9.17, 15) is 4.79 Å². The molecule has 1 N–H and O–H groups in total. The molecule has 0 atom stereocenters. The average molecular weight is 262 g/mol. The highest BCUT2D eigenvalue weighted by Gasteiger charge is 2.13. The van der Waals surface area contributed by atoms with E-state index in [4.69, 9.17) is 8.94 Å². The Morgan fingerprint density at radius 1 is 1.26 bits per heavy atom. The second kappa shape index (κ2) is 5.30. The summed E-state index contributed by atoms with van der Waals surface area (Å²) in [4.78, 5) is 11.9. The van der Waals surface area contributed by atoms with Gasteiger partial charge in [-0.1, -0.05) is 5.16 Å². The van der Waals surface area contributed by atoms with E-state index in [0.29, 0.717) is 12.3 Å². The van der Waals surface area contributed by atoms with Crippen LogP contribution in [-0.2, 0) is 17.8 Å². The molecule has 2 heterocycles. The van der Waals surface area contributed by atoms with Crippen LogP contribution in [0.1, 0.15) is 34.1 Å². The summed E-state index contributed by atoms with van der Waals surface area (Å²) in [5.74, 6) is 2.35. The van der Waals surface area contributed by atoms with Gasteiger partial charge in [-0.3, -0.25) is 4.79 Å². The number of aryl methyl sites for hydroxylation is 4. The van der Waals surface area contributed by atoms with Crippen LogP contribution >= 0.6 is 0 Å². The second-order valence-electron chi connectivity index (χ2n) is 4.69. The van der Waals surface area contributed by atoms with Crippen molar-refractivity contribution in [3.63, 3.8) is 0 Å². The minimum absolute atomic E-state index is 0.0485. The molecule has 0 saturated carbocycles. The van der Waals surface area contributed by atoms with Crippen molar-refractivity contribution in [2.24, 2.45) is 0 Å². The highest BCUT2D eigenvalue weighted by atomic mass is 16.5. The molecule has 2 aromatic rings. The number of hydrogen-bond donors (Lipinski definition) is 1. The molecule has 0 aliphatic rings. The molecule has 1 amide bonds. The Bertz CT molecular complexity index is 576. The van der Waals surface area contributed by atoms with Crippen LogP contribution in [0.5, 0.6) is 0 Å². The van der Waals surface area contributed by atoms with Gasteiger partial charge < -0.3 is 14.3 Å². The maximum Gasteiger partial charge on any atom is 0.224 e. The third-order valence-electron chi connectivity index (χ3n) is 3.14. The molecule has 0 bridgehead atoms. The summed E-state index contributed by atoms with van der Waals surface area (Å²) in [6.07, 6.45) is 0.289. The molecular weight excluding hydrogens is 244 g/mol. The molecule has 0 unspecified atom stereocenters. The average Bonchev–Trinajstić information content (AvgIpc) is 2.83. The van der Waals surface area contributed by atoms with Crippen molar-refractivity contribution in [2.75, 3.05) is 0 Å². The normalized spacial score (nSPS) is 10.7. The fourth-order valence-electron chi connectivity index (χ4n) is 2.03. The van der Waals surface area contributed by atoms with Gasteiger partial charge in [0.1, 0.15) is 17.3 Å². The molecule has 0 aliphatic heterocycles. The van der Waals surface area contributed by atoms with Crippen molar-refractivity contribution >= 4 is 5.91 Å². The molecule has 5 nitrogen and oxygen atoms in total. The summed E-state index contributed by atoms with van der Waals surface area (Å²) >= 11 is 0. The van der Waals surface area contributed by atoms with E-state index in [1.807, 2.05) is 33.8 Å². The molecule has 5 heteroatoms. The number of furan rings is 1. The first-order valence-corrected chi connectivity index (χ1v) is 6.21. The lowest BCUT2D eigenvalue weighted by molar-refractivity contribution is -0.120. The standard InChI is InChI=1S/C14H18N2O3/c1-8-5-12(10(3)18-8)7-15-14(17)6-13-9(2)16-19-11(13)4/h5H,6-7H2,1-4H3,(H,15,17). The van der Waals surface area contributed by atoms with Gasteiger partial charge in [0.15, 0.2) is 0 Å². The number of nitrogens with zero attached hydrogens (tertiary/aromatic N) is 1. The number of carbonyl (C=O) groups is 1. The smallest absolute Gasteiger partial charge is 0.224 e. The van der Waals surface area contributed by atoms with Crippen molar-refractivity contribution in [1.82, 2.24) is 10.5 Å². The second-order valence-corrected chi connectivity index (χ2v) is 4.69. The maximum absolute atomic E-state index is 11.9. The zero-order valence-corrected chi connectivity index (χ0v) is 11.7. The number of rotatable bonds is 4. The zero-order chi connectivity index (χ0) is 14.0. The highest BCUT2D eigenvalue weighted by molar-refractivity contribution is 5.79. The SMILES string of the molecule is Cc1cc(CNC(=O)Cc2c(C)noc2C)c(C)o1. The Hall–Kier alpha value is -2.04. The van der Waals surface area contributed by atoms with Crippen LogP contribution in [-0.4, -0.2) is 11.1 Å². The van der Waals surface area contributed by atoms with Crippen LogP contribution in [0.15, 0.2) is 15.0 Å². The van der Waals surface area contributed by atoms with E-state index in [-0.39, 0.29) is 12.3 Å². The van der Waals surface area contributed by atoms with Gasteiger partial charge in [-0.15, -0.1) is 0 Å². The molecule has 2 aromatic heterocycles. The van der Waals surface area contributed by atoms with Crippen molar-refractivity contribution in [3.8, 4) is 0 Å². The predicted molar refractivity (Wildman–Crippen MR) is 69.7 cm³/mol. The van der Waals surface area contributed by atoms with Crippen molar-refractivity contribution in [1.29, 1.82) is 0 Å². The van der Waals surface area contributed by atoms with Gasteiger partial charge in [-0.25, -0.2) is 0 Å². The van der Waals surface area contributed by atoms with E-state index >= 15 is 0 Å². The molecular formula is C14H18N2O3. The molecule has 0 aliphatic carbocycles. The Kier molecular flexibility index (Phi) is 3.74. The summed E-state index contributed by atoms with van der Waals surface area (Å²) in [6, 6.07) is 1.94. The lowest BCUT2D eigenvalue weighted by Gasteiger charge is -2.04. The molecule has 0 fully saturated rings. The van der Waals surface area contributed by atoms with Crippen molar-refractivity contribution < 1.29 is 13.7 Å². The Morgan fingerprint density at radius 2 is 2.00 bits per heavy atom. The number of nitrogens with one attached hydrogen (secondary N) is 1. The third kappa shape index (κ3) is 3.05. The van der Waals surface area contributed by atoms with Crippen molar-refractivity contribution in [3.05, 3.63) is 40.2 Å². The third-order valence-corrected chi connectivity index (χ3v) is 3.14. The summed E-state index contributed by atoms with van der Waals surface area (Å²) < 4.78 is 10.5. The zero-order valence-electron chi connectivity index (χ0n) is 11.7. The first-order chi connectivity index (χ1) is 8.97. The van der Waals surface area contributed by atoms with E-state index in [0.717, 1.165) is 28.3 Å². The van der Waals surface area contributed by atoms with E-state index < -0.39 is 0 Å². The molecule has 0 spiro atoms. The fraction of sp³-hybridized carbons (Fsp3) is 0.429. The van der Waals surface area contributed by atoms with Gasteiger partial charge >= 0.3 is 0 Å². The van der Waals surface area contributed by atoms with Crippen molar-refractivity contribution in [2.45, 2.75) is 40.7 Å². The first kappa shape index (κ1) is 13.4. The summed E-state index contributed by atoms with van der Waals surface area (Å²) in [5.41, 5.74) is 2.63. The lowest BCUT2D eigenvalue weighted by atomic mass is 10.1. The summed E-state index contributed by atoms with van der Waals surface area (Å²) in [6.45, 7) is 7.91. The molecule has 0 radical (unpaired) electrons. The molecule has 0 aromatic carbocycles. The van der Waals surface area contributed by atoms with Gasteiger partial charge in [0.05, 0.1) is 12.1 Å². The maximum atomic E-state index is 11.9. The molecule has 0 saturated heterocycles. The van der Waals surface area contributed by atoms with Gasteiger partial charge in [-0.05, 0) is 33.8 Å². The van der Waals surface area contributed by atoms with Crippen LogP contribution in [0.25, 0.3) is 0 Å². The van der Waals surface area contributed by atoms with Gasteiger partial charge in [-0.2, -0.15) is 0 Å². The van der Waals surface area contributed by atoms with Gasteiger partial charge in [0.25, 0.3) is 0 Å². The molecule has 19 heavy (non-hydrogen) atoms. The minimum Gasteiger partial charge on any atom is -0.466 e. The topological polar surface area (TPSA) is 68.3 Å². The van der Waals surface area contributed by atoms with E-state index in [1.54, 1.807) is 0 Å². The Labute approximate surface area is 112 Å². The Balaban J connectivity index is 1.94. The van der Waals surface area contributed by atoms with E-state index in [2.05, 4.69) is 10.5 Å². The number of carbonyl (C=O) groups excluding carboxylic acids is 1. The lowest BCUT2D eigenvalue weighted by Crippen LogP contribution is -2.25. The predicted octanol–water partition coefficient (Wildman–Crippen LogP) is 2.36. The largest absolute Gasteiger partial charge is 0.466 e. The van der Waals surface area contributed by atoms with Crippen LogP contribution in [0, 0.1) is 27.7 Å². The van der Waals surface area contributed by atoms with Gasteiger partial charge in [0.2, 0.25) is 5.91 Å². The highest BCUT2D eigenvalue weighted by Crippen LogP contribution is 2.14. The summed E-state index contributed by atoms with van der Waals surface area (Å²) in [7, 11) is 0. The molecule has 2 rings (SSSR count). The van der Waals surface area contributed by atoms with E-state index in [1.165, 1.54) is 0 Å². The number of amides is 1. The number of aromatic nitrogens is 1. The monoisotopic (exact) mass is 262 g/mol. The summed E-state index contributed by atoms with van der Waals surface area (Å²) in [5, 5.41) is 6.71. The Morgan fingerprint density at radius 3 is 2.53 bits per heavy atom. The van der Waals surface area contributed by atoms with Crippen LogP contribution in [0.4, 0.5) is 0 Å². The van der Waals surface area contributed by atoms with Crippen LogP contribution in [0.3, 0.4) is 0 Å². The van der Waals surface area contributed by atoms with Crippen LogP contribution in [0.2, 0.25) is 0 Å². The van der Waals surface area contributed by atoms with Gasteiger partial charge in [0, 0.05) is 17.7 Å². The first-order valence-electron chi connectivity index (χ1n) is 6.21. The minimum atomic E-state index is -0.0485. The van der Waals surface area contributed by atoms with Crippen LogP contribution < -0.4 is 5.32 Å². The number of hydrogen-bond acceptors (Lipinski definition) is 4.